The Kier molecular flexibility index (Phi) is 4.78. The monoisotopic (exact) mass is 282 g/mol. The van der Waals surface area contributed by atoms with Crippen molar-refractivity contribution in [2.24, 2.45) is 0 Å². The summed E-state index contributed by atoms with van der Waals surface area (Å²) in [4.78, 5) is 12.1. The van der Waals surface area contributed by atoms with E-state index < -0.39 is 0 Å². The molecule has 0 aliphatic heterocycles. The second kappa shape index (κ2) is 6.76. The first-order chi connectivity index (χ1) is 10.2. The van der Waals surface area contributed by atoms with Crippen molar-refractivity contribution in [1.82, 2.24) is 4.57 Å². The van der Waals surface area contributed by atoms with Crippen LogP contribution in [0.5, 0.6) is 5.75 Å². The summed E-state index contributed by atoms with van der Waals surface area (Å²) in [7, 11) is 1.65. The Morgan fingerprint density at radius 3 is 2.86 bits per heavy atom. The summed E-state index contributed by atoms with van der Waals surface area (Å²) in [6.07, 6.45) is 3.45. The maximum absolute atomic E-state index is 12.1. The fourth-order valence-corrected chi connectivity index (χ4v) is 2.26. The standard InChI is InChI=1S/C17H18N2O2/c1-13-8-10-19(17(20)16(13)12-18)9-4-6-14-5-3-7-15(11-14)21-2/h3,5,7-8,10-11H,4,6,9H2,1-2H3. The van der Waals surface area contributed by atoms with Crippen LogP contribution in [0.4, 0.5) is 0 Å². The Hall–Kier alpha value is -2.54. The summed E-state index contributed by atoms with van der Waals surface area (Å²) >= 11 is 0. The van der Waals surface area contributed by atoms with Crippen molar-refractivity contribution in [3.8, 4) is 11.8 Å². The molecule has 0 atom stereocenters. The fraction of sp³-hybridized carbons (Fsp3) is 0.294. The van der Waals surface area contributed by atoms with Crippen molar-refractivity contribution in [3.05, 3.63) is 63.6 Å². The van der Waals surface area contributed by atoms with Gasteiger partial charge in [-0.2, -0.15) is 5.26 Å². The van der Waals surface area contributed by atoms with Crippen molar-refractivity contribution in [1.29, 1.82) is 5.26 Å². The summed E-state index contributed by atoms with van der Waals surface area (Å²) in [6.45, 7) is 2.38. The maximum atomic E-state index is 12.1. The zero-order valence-electron chi connectivity index (χ0n) is 12.3. The molecule has 0 saturated carbocycles. The van der Waals surface area contributed by atoms with Crippen LogP contribution in [0.15, 0.2) is 41.3 Å². The number of hydrogen-bond acceptors (Lipinski definition) is 3. The fourth-order valence-electron chi connectivity index (χ4n) is 2.26. The molecule has 0 saturated heterocycles. The molecule has 0 bridgehead atoms. The topological polar surface area (TPSA) is 55.0 Å². The van der Waals surface area contributed by atoms with Gasteiger partial charge in [0.05, 0.1) is 7.11 Å². The smallest absolute Gasteiger partial charge is 0.268 e. The highest BCUT2D eigenvalue weighted by Gasteiger charge is 2.06. The minimum Gasteiger partial charge on any atom is -0.497 e. The highest BCUT2D eigenvalue weighted by Crippen LogP contribution is 2.14. The second-order valence-electron chi connectivity index (χ2n) is 4.94. The van der Waals surface area contributed by atoms with Gasteiger partial charge in [0.25, 0.3) is 5.56 Å². The quantitative estimate of drug-likeness (QED) is 0.847. The third kappa shape index (κ3) is 3.51. The Balaban J connectivity index is 2.04. The summed E-state index contributed by atoms with van der Waals surface area (Å²) in [6, 6.07) is 11.7. The lowest BCUT2D eigenvalue weighted by Crippen LogP contribution is -2.23. The summed E-state index contributed by atoms with van der Waals surface area (Å²) in [5.41, 5.74) is 1.93. The molecule has 0 fully saturated rings. The van der Waals surface area contributed by atoms with Gasteiger partial charge in [0.2, 0.25) is 0 Å². The highest BCUT2D eigenvalue weighted by molar-refractivity contribution is 5.34. The average molecular weight is 282 g/mol. The molecule has 4 heteroatoms. The number of aromatic nitrogens is 1. The first-order valence-corrected chi connectivity index (χ1v) is 6.89. The Morgan fingerprint density at radius 2 is 2.14 bits per heavy atom. The van der Waals surface area contributed by atoms with Gasteiger partial charge in [-0.25, -0.2) is 0 Å². The van der Waals surface area contributed by atoms with Gasteiger partial charge < -0.3 is 9.30 Å². The molecule has 2 aromatic rings. The van der Waals surface area contributed by atoms with Crippen molar-refractivity contribution < 1.29 is 4.74 Å². The van der Waals surface area contributed by atoms with Crippen LogP contribution in [0.1, 0.15) is 23.1 Å². The molecule has 1 heterocycles. The number of ether oxygens (including phenoxy) is 1. The van der Waals surface area contributed by atoms with Crippen LogP contribution in [0.3, 0.4) is 0 Å². The predicted molar refractivity (Wildman–Crippen MR) is 81.5 cm³/mol. The molecule has 0 aliphatic carbocycles. The van der Waals surface area contributed by atoms with Crippen LogP contribution in [0, 0.1) is 18.3 Å². The first-order valence-electron chi connectivity index (χ1n) is 6.89. The van der Waals surface area contributed by atoms with Crippen molar-refractivity contribution >= 4 is 0 Å². The van der Waals surface area contributed by atoms with E-state index in [2.05, 4.69) is 0 Å². The number of pyridine rings is 1. The van der Waals surface area contributed by atoms with E-state index in [0.717, 1.165) is 24.2 Å². The molecular formula is C17H18N2O2. The number of nitriles is 1. The number of nitrogens with zero attached hydrogens (tertiary/aromatic N) is 2. The van der Waals surface area contributed by atoms with Gasteiger partial charge in [-0.05, 0) is 49.1 Å². The molecule has 0 spiro atoms. The third-order valence-electron chi connectivity index (χ3n) is 3.48. The normalized spacial score (nSPS) is 10.1. The molecule has 0 radical (unpaired) electrons. The van der Waals surface area contributed by atoms with Crippen molar-refractivity contribution in [3.63, 3.8) is 0 Å². The zero-order chi connectivity index (χ0) is 15.2. The number of benzene rings is 1. The SMILES string of the molecule is COc1cccc(CCCn2ccc(C)c(C#N)c2=O)c1. The van der Waals surface area contributed by atoms with Gasteiger partial charge in [-0.3, -0.25) is 4.79 Å². The molecule has 21 heavy (non-hydrogen) atoms. The number of aryl methyl sites for hydroxylation is 3. The molecule has 0 N–H and O–H groups in total. The highest BCUT2D eigenvalue weighted by atomic mass is 16.5. The van der Waals surface area contributed by atoms with E-state index in [1.54, 1.807) is 24.8 Å². The van der Waals surface area contributed by atoms with Crippen molar-refractivity contribution in [2.75, 3.05) is 7.11 Å². The average Bonchev–Trinajstić information content (AvgIpc) is 2.50. The molecule has 108 valence electrons. The molecule has 1 aromatic heterocycles. The molecule has 4 nitrogen and oxygen atoms in total. The summed E-state index contributed by atoms with van der Waals surface area (Å²) in [5, 5.41) is 9.01. The number of rotatable bonds is 5. The maximum Gasteiger partial charge on any atom is 0.268 e. The lowest BCUT2D eigenvalue weighted by atomic mass is 10.1. The van der Waals surface area contributed by atoms with Crippen LogP contribution >= 0.6 is 0 Å². The van der Waals surface area contributed by atoms with Crippen LogP contribution < -0.4 is 10.3 Å². The first kappa shape index (κ1) is 14.9. The Bertz CT molecular complexity index is 726. The lowest BCUT2D eigenvalue weighted by Gasteiger charge is -2.08. The van der Waals surface area contributed by atoms with E-state index in [9.17, 15) is 4.79 Å². The van der Waals surface area contributed by atoms with Gasteiger partial charge >= 0.3 is 0 Å². The molecular weight excluding hydrogens is 264 g/mol. The van der Waals surface area contributed by atoms with Gasteiger partial charge in [0.15, 0.2) is 0 Å². The summed E-state index contributed by atoms with van der Waals surface area (Å²) < 4.78 is 6.79. The van der Waals surface area contributed by atoms with Crippen LogP contribution in [0.25, 0.3) is 0 Å². The molecule has 2 rings (SSSR count). The van der Waals surface area contributed by atoms with E-state index in [4.69, 9.17) is 10.00 Å². The Morgan fingerprint density at radius 1 is 1.33 bits per heavy atom. The van der Waals surface area contributed by atoms with Gasteiger partial charge in [-0.1, -0.05) is 12.1 Å². The van der Waals surface area contributed by atoms with Crippen molar-refractivity contribution in [2.45, 2.75) is 26.3 Å². The molecule has 0 amide bonds. The van der Waals surface area contributed by atoms with Crippen LogP contribution in [0.2, 0.25) is 0 Å². The van der Waals surface area contributed by atoms with E-state index in [1.807, 2.05) is 36.4 Å². The van der Waals surface area contributed by atoms with E-state index in [1.165, 1.54) is 5.56 Å². The summed E-state index contributed by atoms with van der Waals surface area (Å²) in [5.74, 6) is 0.840. The molecule has 1 aromatic carbocycles. The minimum absolute atomic E-state index is 0.205. The minimum atomic E-state index is -0.205. The Labute approximate surface area is 124 Å². The largest absolute Gasteiger partial charge is 0.497 e. The van der Waals surface area contributed by atoms with Gasteiger partial charge in [0, 0.05) is 12.7 Å². The number of hydrogen-bond donors (Lipinski definition) is 0. The second-order valence-corrected chi connectivity index (χ2v) is 4.94. The number of methoxy groups -OCH3 is 1. The van der Waals surface area contributed by atoms with E-state index >= 15 is 0 Å². The van der Waals surface area contributed by atoms with Crippen LogP contribution in [-0.4, -0.2) is 11.7 Å². The molecule has 0 aliphatic rings. The van der Waals surface area contributed by atoms with E-state index in [-0.39, 0.29) is 11.1 Å². The third-order valence-corrected chi connectivity index (χ3v) is 3.48. The van der Waals surface area contributed by atoms with E-state index in [0.29, 0.717) is 6.54 Å². The van der Waals surface area contributed by atoms with Gasteiger partial charge in [0.1, 0.15) is 17.4 Å². The van der Waals surface area contributed by atoms with Gasteiger partial charge in [-0.15, -0.1) is 0 Å². The molecule has 0 unspecified atom stereocenters. The lowest BCUT2D eigenvalue weighted by molar-refractivity contribution is 0.414. The predicted octanol–water partition coefficient (Wildman–Crippen LogP) is 2.67. The van der Waals surface area contributed by atoms with Crippen LogP contribution in [-0.2, 0) is 13.0 Å². The zero-order valence-corrected chi connectivity index (χ0v) is 12.3.